The number of para-hydroxylation sites is 3. The van der Waals surface area contributed by atoms with Gasteiger partial charge in [-0.05, 0) is 57.0 Å². The van der Waals surface area contributed by atoms with Crippen LogP contribution in [-0.4, -0.2) is 28.0 Å². The zero-order valence-electron chi connectivity index (χ0n) is 16.8. The van der Waals surface area contributed by atoms with Crippen molar-refractivity contribution in [3.05, 3.63) is 72.1 Å². The molecule has 1 aliphatic heterocycles. The van der Waals surface area contributed by atoms with Crippen LogP contribution < -0.4 is 15.0 Å². The predicted molar refractivity (Wildman–Crippen MR) is 114 cm³/mol. The third-order valence-electron chi connectivity index (χ3n) is 4.80. The van der Waals surface area contributed by atoms with E-state index in [-0.39, 0.29) is 18.1 Å². The van der Waals surface area contributed by atoms with Gasteiger partial charge >= 0.3 is 0 Å². The van der Waals surface area contributed by atoms with Gasteiger partial charge < -0.3 is 15.0 Å². The number of ether oxygens (including phenoxy) is 1. The Morgan fingerprint density at radius 1 is 1.14 bits per heavy atom. The maximum absolute atomic E-state index is 12.9. The van der Waals surface area contributed by atoms with E-state index < -0.39 is 0 Å². The van der Waals surface area contributed by atoms with E-state index in [1.165, 1.54) is 5.56 Å². The van der Waals surface area contributed by atoms with Gasteiger partial charge in [0, 0.05) is 17.9 Å². The van der Waals surface area contributed by atoms with Crippen LogP contribution in [0.5, 0.6) is 5.75 Å². The van der Waals surface area contributed by atoms with Crippen LogP contribution >= 0.6 is 0 Å². The van der Waals surface area contributed by atoms with Gasteiger partial charge in [-0.2, -0.15) is 0 Å². The smallest absolute Gasteiger partial charge is 0.274 e. The average Bonchev–Trinajstić information content (AvgIpc) is 3.05. The first-order valence-electron chi connectivity index (χ1n) is 9.80. The van der Waals surface area contributed by atoms with Gasteiger partial charge in [0.15, 0.2) is 0 Å². The lowest BCUT2D eigenvalue weighted by Crippen LogP contribution is -2.27. The summed E-state index contributed by atoms with van der Waals surface area (Å²) in [5.41, 5.74) is 3.28. The fraction of sp³-hybridized carbons (Fsp3) is 0.261. The van der Waals surface area contributed by atoms with Crippen molar-refractivity contribution in [1.82, 2.24) is 9.97 Å². The molecule has 0 spiro atoms. The lowest BCUT2D eigenvalue weighted by atomic mass is 10.1. The lowest BCUT2D eigenvalue weighted by Gasteiger charge is -2.22. The second-order valence-corrected chi connectivity index (χ2v) is 7.41. The average molecular weight is 388 g/mol. The summed E-state index contributed by atoms with van der Waals surface area (Å²) < 4.78 is 5.78. The molecule has 1 aromatic heterocycles. The van der Waals surface area contributed by atoms with Crippen molar-refractivity contribution in [3.8, 4) is 5.75 Å². The molecule has 6 nitrogen and oxygen atoms in total. The zero-order chi connectivity index (χ0) is 20.4. The normalized spacial score (nSPS) is 15.3. The first-order chi connectivity index (χ1) is 14.0. The molecule has 4 rings (SSSR count). The number of aromatic nitrogens is 2. The topological polar surface area (TPSA) is 67.3 Å². The fourth-order valence-corrected chi connectivity index (χ4v) is 3.57. The Balaban J connectivity index is 1.59. The van der Waals surface area contributed by atoms with Crippen LogP contribution in [0.15, 0.2) is 60.8 Å². The highest BCUT2D eigenvalue weighted by atomic mass is 16.5. The second-order valence-electron chi connectivity index (χ2n) is 7.41. The molecule has 1 atom stereocenters. The van der Waals surface area contributed by atoms with Gasteiger partial charge in [0.2, 0.25) is 5.95 Å². The van der Waals surface area contributed by atoms with Gasteiger partial charge in [-0.3, -0.25) is 4.79 Å². The third kappa shape index (κ3) is 3.92. The van der Waals surface area contributed by atoms with Gasteiger partial charge in [0.25, 0.3) is 5.91 Å². The Kier molecular flexibility index (Phi) is 5.16. The standard InChI is InChI=1S/C23H24N4O2/c1-15(2)29-21-11-7-5-9-18(21)25-22(28)19-12-13-24-23(26-19)27-16(3)14-17-8-4-6-10-20(17)27/h4-13,15-16H,14H2,1-3H3,(H,25,28). The van der Waals surface area contributed by atoms with E-state index in [4.69, 9.17) is 4.74 Å². The first kappa shape index (κ1) is 18.9. The highest BCUT2D eigenvalue weighted by Gasteiger charge is 2.29. The van der Waals surface area contributed by atoms with Gasteiger partial charge in [-0.1, -0.05) is 30.3 Å². The van der Waals surface area contributed by atoms with Crippen molar-refractivity contribution in [2.45, 2.75) is 39.3 Å². The van der Waals surface area contributed by atoms with E-state index in [1.54, 1.807) is 12.3 Å². The number of nitrogens with zero attached hydrogens (tertiary/aromatic N) is 3. The van der Waals surface area contributed by atoms with Crippen LogP contribution in [0, 0.1) is 0 Å². The van der Waals surface area contributed by atoms with Gasteiger partial charge in [0.05, 0.1) is 11.8 Å². The third-order valence-corrected chi connectivity index (χ3v) is 4.80. The van der Waals surface area contributed by atoms with Crippen molar-refractivity contribution in [2.24, 2.45) is 0 Å². The number of rotatable bonds is 5. The molecule has 148 valence electrons. The van der Waals surface area contributed by atoms with Gasteiger partial charge in [-0.25, -0.2) is 9.97 Å². The minimum atomic E-state index is -0.298. The number of amides is 1. The Hall–Kier alpha value is -3.41. The Morgan fingerprint density at radius 3 is 2.72 bits per heavy atom. The molecule has 29 heavy (non-hydrogen) atoms. The van der Waals surface area contributed by atoms with Crippen molar-refractivity contribution in [3.63, 3.8) is 0 Å². The molecule has 1 aliphatic rings. The largest absolute Gasteiger partial charge is 0.489 e. The molecule has 2 aromatic carbocycles. The quantitative estimate of drug-likeness (QED) is 0.692. The molecule has 3 aromatic rings. The van der Waals surface area contributed by atoms with E-state index >= 15 is 0 Å². The Bertz CT molecular complexity index is 1030. The molecule has 0 saturated carbocycles. The molecule has 0 bridgehead atoms. The second kappa shape index (κ2) is 7.91. The monoisotopic (exact) mass is 388 g/mol. The van der Waals surface area contributed by atoms with Crippen LogP contribution in [0.2, 0.25) is 0 Å². The summed E-state index contributed by atoms with van der Waals surface area (Å²) >= 11 is 0. The molecule has 0 aliphatic carbocycles. The van der Waals surface area contributed by atoms with E-state index in [0.29, 0.717) is 23.1 Å². The molecule has 0 fully saturated rings. The molecule has 1 unspecified atom stereocenters. The SMILES string of the molecule is CC(C)Oc1ccccc1NC(=O)c1ccnc(N2c3ccccc3CC2C)n1. The van der Waals surface area contributed by atoms with Crippen LogP contribution in [0.4, 0.5) is 17.3 Å². The minimum absolute atomic E-state index is 0.00965. The van der Waals surface area contributed by atoms with Crippen LogP contribution in [0.3, 0.4) is 0 Å². The first-order valence-corrected chi connectivity index (χ1v) is 9.80. The Morgan fingerprint density at radius 2 is 1.90 bits per heavy atom. The summed E-state index contributed by atoms with van der Waals surface area (Å²) in [5.74, 6) is 0.864. The molecule has 1 N–H and O–H groups in total. The summed E-state index contributed by atoms with van der Waals surface area (Å²) in [4.78, 5) is 23.9. The van der Waals surface area contributed by atoms with Crippen LogP contribution in [0.1, 0.15) is 36.8 Å². The highest BCUT2D eigenvalue weighted by molar-refractivity contribution is 6.03. The van der Waals surface area contributed by atoms with Crippen molar-refractivity contribution in [1.29, 1.82) is 0 Å². The van der Waals surface area contributed by atoms with Crippen molar-refractivity contribution >= 4 is 23.2 Å². The minimum Gasteiger partial charge on any atom is -0.489 e. The maximum Gasteiger partial charge on any atom is 0.274 e. The van der Waals surface area contributed by atoms with E-state index in [2.05, 4.69) is 39.2 Å². The Labute approximate surface area is 170 Å². The van der Waals surface area contributed by atoms with Gasteiger partial charge in [-0.15, -0.1) is 0 Å². The number of carbonyl (C=O) groups is 1. The van der Waals surface area contributed by atoms with Crippen LogP contribution in [-0.2, 0) is 6.42 Å². The van der Waals surface area contributed by atoms with Gasteiger partial charge in [0.1, 0.15) is 11.4 Å². The number of fused-ring (bicyclic) bond motifs is 1. The molecule has 0 saturated heterocycles. The van der Waals surface area contributed by atoms with E-state index in [0.717, 1.165) is 12.1 Å². The molecule has 0 radical (unpaired) electrons. The molecule has 2 heterocycles. The summed E-state index contributed by atoms with van der Waals surface area (Å²) in [6.07, 6.45) is 2.56. The maximum atomic E-state index is 12.9. The summed E-state index contributed by atoms with van der Waals surface area (Å²) in [7, 11) is 0. The number of hydrogen-bond donors (Lipinski definition) is 1. The summed E-state index contributed by atoms with van der Waals surface area (Å²) in [5, 5.41) is 2.91. The summed E-state index contributed by atoms with van der Waals surface area (Å²) in [6.45, 7) is 6.03. The van der Waals surface area contributed by atoms with E-state index in [9.17, 15) is 4.79 Å². The zero-order valence-corrected chi connectivity index (χ0v) is 16.8. The molecular weight excluding hydrogens is 364 g/mol. The highest BCUT2D eigenvalue weighted by Crippen LogP contribution is 2.36. The molecular formula is C23H24N4O2. The number of carbonyl (C=O) groups excluding carboxylic acids is 1. The molecule has 6 heteroatoms. The van der Waals surface area contributed by atoms with Crippen molar-refractivity contribution in [2.75, 3.05) is 10.2 Å². The number of hydrogen-bond acceptors (Lipinski definition) is 5. The molecule has 1 amide bonds. The number of anilines is 3. The van der Waals surface area contributed by atoms with Crippen molar-refractivity contribution < 1.29 is 9.53 Å². The summed E-state index contributed by atoms with van der Waals surface area (Å²) in [6, 6.07) is 17.5. The number of nitrogens with one attached hydrogen (secondary N) is 1. The van der Waals surface area contributed by atoms with E-state index in [1.807, 2.05) is 50.2 Å². The fourth-order valence-electron chi connectivity index (χ4n) is 3.57. The lowest BCUT2D eigenvalue weighted by molar-refractivity contribution is 0.102. The number of benzene rings is 2. The van der Waals surface area contributed by atoms with Crippen LogP contribution in [0.25, 0.3) is 0 Å². The predicted octanol–water partition coefficient (Wildman–Crippen LogP) is 4.60.